The first-order valence-electron chi connectivity index (χ1n) is 7.33. The van der Waals surface area contributed by atoms with Crippen molar-refractivity contribution in [3.05, 3.63) is 42.1 Å². The van der Waals surface area contributed by atoms with Crippen LogP contribution in [0.2, 0.25) is 0 Å². The van der Waals surface area contributed by atoms with E-state index in [1.54, 1.807) is 18.3 Å². The number of pyridine rings is 1. The average molecular weight is 361 g/mol. The lowest BCUT2D eigenvalue weighted by Gasteiger charge is -2.12. The van der Waals surface area contributed by atoms with E-state index in [0.29, 0.717) is 22.8 Å². The van der Waals surface area contributed by atoms with E-state index < -0.39 is 0 Å². The van der Waals surface area contributed by atoms with E-state index in [1.165, 1.54) is 39.3 Å². The monoisotopic (exact) mass is 361 g/mol. The molecule has 0 unspecified atom stereocenters. The van der Waals surface area contributed by atoms with Gasteiger partial charge in [-0.2, -0.15) is 5.10 Å². The molecule has 8 heteroatoms. The average Bonchev–Trinajstić information content (AvgIpc) is 2.66. The van der Waals surface area contributed by atoms with E-state index >= 15 is 0 Å². The molecule has 1 heterocycles. The number of hydrazone groups is 1. The molecular formula is C17H19N3O4S. The van der Waals surface area contributed by atoms with Crippen LogP contribution in [-0.2, 0) is 4.79 Å². The quantitative estimate of drug-likeness (QED) is 0.442. The van der Waals surface area contributed by atoms with Gasteiger partial charge in [0.25, 0.3) is 0 Å². The predicted molar refractivity (Wildman–Crippen MR) is 96.8 cm³/mol. The van der Waals surface area contributed by atoms with Crippen LogP contribution >= 0.6 is 11.8 Å². The Morgan fingerprint density at radius 1 is 1.20 bits per heavy atom. The summed E-state index contributed by atoms with van der Waals surface area (Å²) >= 11 is 1.34. The summed E-state index contributed by atoms with van der Waals surface area (Å²) in [5, 5.41) is 4.73. The van der Waals surface area contributed by atoms with Crippen molar-refractivity contribution in [2.24, 2.45) is 5.10 Å². The summed E-state index contributed by atoms with van der Waals surface area (Å²) in [7, 11) is 4.61. The number of rotatable bonds is 8. The van der Waals surface area contributed by atoms with E-state index in [-0.39, 0.29) is 11.7 Å². The SMILES string of the molecule is COc1cc(/C=N\NC(=O)CSc2ccccn2)cc(OC)c1OC. The third-order valence-corrected chi connectivity index (χ3v) is 4.02. The highest BCUT2D eigenvalue weighted by Crippen LogP contribution is 2.37. The second kappa shape index (κ2) is 9.53. The van der Waals surface area contributed by atoms with Gasteiger partial charge in [0.15, 0.2) is 11.5 Å². The minimum atomic E-state index is -0.223. The molecule has 0 aliphatic rings. The number of thioether (sulfide) groups is 1. The molecule has 0 aliphatic heterocycles. The third-order valence-electron chi connectivity index (χ3n) is 3.08. The zero-order chi connectivity index (χ0) is 18.1. The first-order chi connectivity index (χ1) is 12.2. The lowest BCUT2D eigenvalue weighted by atomic mass is 10.2. The van der Waals surface area contributed by atoms with Gasteiger partial charge in [-0.1, -0.05) is 17.8 Å². The van der Waals surface area contributed by atoms with E-state index in [0.717, 1.165) is 5.03 Å². The van der Waals surface area contributed by atoms with Crippen LogP contribution in [0.1, 0.15) is 5.56 Å². The second-order valence-electron chi connectivity index (χ2n) is 4.71. The fourth-order valence-electron chi connectivity index (χ4n) is 1.96. The Morgan fingerprint density at radius 2 is 1.92 bits per heavy atom. The summed E-state index contributed by atoms with van der Waals surface area (Å²) in [5.41, 5.74) is 3.18. The van der Waals surface area contributed by atoms with E-state index in [4.69, 9.17) is 14.2 Å². The van der Waals surface area contributed by atoms with Crippen molar-refractivity contribution >= 4 is 23.9 Å². The number of benzene rings is 1. The highest BCUT2D eigenvalue weighted by atomic mass is 32.2. The van der Waals surface area contributed by atoms with Gasteiger partial charge in [-0.15, -0.1) is 0 Å². The molecule has 1 amide bonds. The Balaban J connectivity index is 1.96. The number of ether oxygens (including phenoxy) is 3. The summed E-state index contributed by atoms with van der Waals surface area (Å²) in [5.74, 6) is 1.53. The Bertz CT molecular complexity index is 713. The maximum absolute atomic E-state index is 11.8. The summed E-state index contributed by atoms with van der Waals surface area (Å²) in [6.07, 6.45) is 3.19. The molecule has 0 saturated carbocycles. The summed E-state index contributed by atoms with van der Waals surface area (Å²) in [6, 6.07) is 9.01. The number of aromatic nitrogens is 1. The number of hydrogen-bond acceptors (Lipinski definition) is 7. The van der Waals surface area contributed by atoms with Crippen molar-refractivity contribution in [3.63, 3.8) is 0 Å². The zero-order valence-electron chi connectivity index (χ0n) is 14.2. The maximum Gasteiger partial charge on any atom is 0.250 e. The minimum absolute atomic E-state index is 0.223. The molecule has 132 valence electrons. The molecule has 0 spiro atoms. The van der Waals surface area contributed by atoms with Crippen LogP contribution in [0.3, 0.4) is 0 Å². The molecule has 0 saturated heterocycles. The van der Waals surface area contributed by atoms with Crippen LogP contribution < -0.4 is 19.6 Å². The van der Waals surface area contributed by atoms with Crippen molar-refractivity contribution < 1.29 is 19.0 Å². The van der Waals surface area contributed by atoms with Gasteiger partial charge in [-0.3, -0.25) is 4.79 Å². The van der Waals surface area contributed by atoms with Crippen molar-refractivity contribution in [1.82, 2.24) is 10.4 Å². The highest BCUT2D eigenvalue weighted by Gasteiger charge is 2.12. The number of carbonyl (C=O) groups is 1. The van der Waals surface area contributed by atoms with Crippen molar-refractivity contribution in [3.8, 4) is 17.2 Å². The van der Waals surface area contributed by atoms with Gasteiger partial charge in [-0.05, 0) is 24.3 Å². The molecule has 0 aliphatic carbocycles. The third kappa shape index (κ3) is 5.39. The molecule has 0 bridgehead atoms. The molecule has 0 fully saturated rings. The molecule has 1 aromatic heterocycles. The van der Waals surface area contributed by atoms with Gasteiger partial charge in [0.2, 0.25) is 11.7 Å². The van der Waals surface area contributed by atoms with Gasteiger partial charge in [0.1, 0.15) is 0 Å². The largest absolute Gasteiger partial charge is 0.493 e. The molecule has 7 nitrogen and oxygen atoms in total. The van der Waals surface area contributed by atoms with E-state index in [9.17, 15) is 4.79 Å². The Labute approximate surface area is 150 Å². The number of amides is 1. The lowest BCUT2D eigenvalue weighted by Crippen LogP contribution is -2.19. The summed E-state index contributed by atoms with van der Waals surface area (Å²) in [4.78, 5) is 15.9. The number of methoxy groups -OCH3 is 3. The van der Waals surface area contributed by atoms with Gasteiger partial charge in [0.05, 0.1) is 38.3 Å². The molecule has 0 atom stereocenters. The zero-order valence-corrected chi connectivity index (χ0v) is 15.0. The topological polar surface area (TPSA) is 82.0 Å². The number of carbonyl (C=O) groups excluding carboxylic acids is 1. The molecule has 1 N–H and O–H groups in total. The van der Waals surface area contributed by atoms with Gasteiger partial charge < -0.3 is 14.2 Å². The fraction of sp³-hybridized carbons (Fsp3) is 0.235. The maximum atomic E-state index is 11.8. The highest BCUT2D eigenvalue weighted by molar-refractivity contribution is 7.99. The Kier molecular flexibility index (Phi) is 7.09. The van der Waals surface area contributed by atoms with Crippen LogP contribution in [0.4, 0.5) is 0 Å². The molecular weight excluding hydrogens is 342 g/mol. The van der Waals surface area contributed by atoms with Gasteiger partial charge in [-0.25, -0.2) is 10.4 Å². The summed E-state index contributed by atoms with van der Waals surface area (Å²) < 4.78 is 15.8. The van der Waals surface area contributed by atoms with E-state index in [2.05, 4.69) is 15.5 Å². The molecule has 0 radical (unpaired) electrons. The van der Waals surface area contributed by atoms with Crippen molar-refractivity contribution in [2.75, 3.05) is 27.1 Å². The lowest BCUT2D eigenvalue weighted by molar-refractivity contribution is -0.118. The second-order valence-corrected chi connectivity index (χ2v) is 5.70. The molecule has 1 aromatic carbocycles. The fourth-order valence-corrected chi connectivity index (χ4v) is 2.61. The van der Waals surface area contributed by atoms with Crippen LogP contribution in [0.15, 0.2) is 46.7 Å². The first-order valence-corrected chi connectivity index (χ1v) is 8.32. The Hall–Kier alpha value is -2.74. The number of nitrogens with one attached hydrogen (secondary N) is 1. The Morgan fingerprint density at radius 3 is 2.48 bits per heavy atom. The number of nitrogens with zero attached hydrogens (tertiary/aromatic N) is 2. The van der Waals surface area contributed by atoms with Crippen LogP contribution in [0.25, 0.3) is 0 Å². The standard InChI is InChI=1S/C17H19N3O4S/c1-22-13-8-12(9-14(23-2)17(13)24-3)10-19-20-15(21)11-25-16-6-4-5-7-18-16/h4-10H,11H2,1-3H3,(H,20,21)/b19-10-. The van der Waals surface area contributed by atoms with Gasteiger partial charge >= 0.3 is 0 Å². The number of hydrogen-bond donors (Lipinski definition) is 1. The van der Waals surface area contributed by atoms with E-state index in [1.807, 2.05) is 18.2 Å². The summed E-state index contributed by atoms with van der Waals surface area (Å²) in [6.45, 7) is 0. The molecule has 25 heavy (non-hydrogen) atoms. The van der Waals surface area contributed by atoms with Crippen molar-refractivity contribution in [1.29, 1.82) is 0 Å². The normalized spacial score (nSPS) is 10.5. The molecule has 2 rings (SSSR count). The van der Waals surface area contributed by atoms with Gasteiger partial charge in [0, 0.05) is 11.8 Å². The molecule has 2 aromatic rings. The smallest absolute Gasteiger partial charge is 0.250 e. The minimum Gasteiger partial charge on any atom is -0.493 e. The van der Waals surface area contributed by atoms with Crippen LogP contribution in [0, 0.1) is 0 Å². The van der Waals surface area contributed by atoms with Crippen LogP contribution in [0.5, 0.6) is 17.2 Å². The van der Waals surface area contributed by atoms with Crippen molar-refractivity contribution in [2.45, 2.75) is 5.03 Å². The van der Waals surface area contributed by atoms with Crippen LogP contribution in [-0.4, -0.2) is 44.2 Å². The predicted octanol–water partition coefficient (Wildman–Crippen LogP) is 2.35. The first kappa shape index (κ1) is 18.6.